The largest absolute Gasteiger partial charge is 0.373 e. The van der Waals surface area contributed by atoms with Gasteiger partial charge in [0.1, 0.15) is 11.5 Å². The van der Waals surface area contributed by atoms with Gasteiger partial charge in [0.15, 0.2) is 0 Å². The minimum Gasteiger partial charge on any atom is -0.373 e. The Morgan fingerprint density at radius 1 is 1.18 bits per heavy atom. The summed E-state index contributed by atoms with van der Waals surface area (Å²) in [5, 5.41) is 10.6. The fraction of sp³-hybridized carbons (Fsp3) is 0.143. The molecule has 22 heavy (non-hydrogen) atoms. The van der Waals surface area contributed by atoms with Crippen molar-refractivity contribution < 1.29 is 13.2 Å². The Kier molecular flexibility index (Phi) is 4.74. The SMILES string of the molecule is CNc1cccc(C(=O)NCc2ccc(S(N)(=O)=O)cc2)n1. The van der Waals surface area contributed by atoms with Crippen LogP contribution in [0.1, 0.15) is 16.1 Å². The van der Waals surface area contributed by atoms with E-state index in [-0.39, 0.29) is 17.3 Å². The molecule has 116 valence electrons. The van der Waals surface area contributed by atoms with Crippen molar-refractivity contribution in [2.45, 2.75) is 11.4 Å². The Hall–Kier alpha value is -2.45. The number of carbonyl (C=O) groups is 1. The number of aromatic nitrogens is 1. The molecule has 0 bridgehead atoms. The number of nitrogens with zero attached hydrogens (tertiary/aromatic N) is 1. The third-order valence-electron chi connectivity index (χ3n) is 2.94. The van der Waals surface area contributed by atoms with Crippen LogP contribution in [0.5, 0.6) is 0 Å². The normalized spacial score (nSPS) is 11.0. The van der Waals surface area contributed by atoms with Gasteiger partial charge in [0.25, 0.3) is 5.91 Å². The summed E-state index contributed by atoms with van der Waals surface area (Å²) in [6.07, 6.45) is 0. The highest BCUT2D eigenvalue weighted by atomic mass is 32.2. The van der Waals surface area contributed by atoms with Gasteiger partial charge < -0.3 is 10.6 Å². The molecule has 0 aliphatic heterocycles. The van der Waals surface area contributed by atoms with E-state index in [4.69, 9.17) is 5.14 Å². The molecule has 7 nitrogen and oxygen atoms in total. The Morgan fingerprint density at radius 2 is 1.86 bits per heavy atom. The van der Waals surface area contributed by atoms with Crippen molar-refractivity contribution in [3.8, 4) is 0 Å². The lowest BCUT2D eigenvalue weighted by molar-refractivity contribution is 0.0946. The summed E-state index contributed by atoms with van der Waals surface area (Å²) < 4.78 is 22.3. The molecule has 4 N–H and O–H groups in total. The van der Waals surface area contributed by atoms with E-state index in [0.29, 0.717) is 11.5 Å². The second-order valence-electron chi connectivity index (χ2n) is 4.53. The third-order valence-corrected chi connectivity index (χ3v) is 3.87. The van der Waals surface area contributed by atoms with Crippen molar-refractivity contribution in [3.63, 3.8) is 0 Å². The average Bonchev–Trinajstić information content (AvgIpc) is 2.52. The number of hydrogen-bond acceptors (Lipinski definition) is 5. The number of amides is 1. The van der Waals surface area contributed by atoms with E-state index in [2.05, 4.69) is 15.6 Å². The highest BCUT2D eigenvalue weighted by Gasteiger charge is 2.09. The van der Waals surface area contributed by atoms with E-state index in [9.17, 15) is 13.2 Å². The molecule has 1 amide bonds. The Bertz CT molecular complexity index is 773. The summed E-state index contributed by atoms with van der Waals surface area (Å²) >= 11 is 0. The summed E-state index contributed by atoms with van der Waals surface area (Å²) in [5.41, 5.74) is 1.05. The van der Waals surface area contributed by atoms with Crippen molar-refractivity contribution in [2.75, 3.05) is 12.4 Å². The standard InChI is InChI=1S/C14H16N4O3S/c1-16-13-4-2-3-12(18-13)14(19)17-9-10-5-7-11(8-6-10)22(15,20)21/h2-8H,9H2,1H3,(H,16,18)(H,17,19)(H2,15,20,21). The summed E-state index contributed by atoms with van der Waals surface area (Å²) in [6, 6.07) is 11.1. The first-order valence-electron chi connectivity index (χ1n) is 6.45. The van der Waals surface area contributed by atoms with Crippen molar-refractivity contribution in [1.82, 2.24) is 10.3 Å². The highest BCUT2D eigenvalue weighted by Crippen LogP contribution is 2.09. The minimum absolute atomic E-state index is 0.0333. The molecule has 1 aromatic heterocycles. The number of primary sulfonamides is 1. The number of benzene rings is 1. The van der Waals surface area contributed by atoms with Crippen LogP contribution >= 0.6 is 0 Å². The predicted octanol–water partition coefficient (Wildman–Crippen LogP) is 0.701. The number of anilines is 1. The monoisotopic (exact) mass is 320 g/mol. The first kappa shape index (κ1) is 15.9. The molecule has 0 aliphatic rings. The quantitative estimate of drug-likeness (QED) is 0.750. The molecular formula is C14H16N4O3S. The van der Waals surface area contributed by atoms with E-state index in [1.54, 1.807) is 37.4 Å². The lowest BCUT2D eigenvalue weighted by Gasteiger charge is -2.07. The van der Waals surface area contributed by atoms with Crippen LogP contribution < -0.4 is 15.8 Å². The zero-order valence-corrected chi connectivity index (χ0v) is 12.7. The number of carbonyl (C=O) groups excluding carboxylic acids is 1. The van der Waals surface area contributed by atoms with Crippen molar-refractivity contribution in [2.24, 2.45) is 5.14 Å². The van der Waals surface area contributed by atoms with Crippen LogP contribution in [0, 0.1) is 0 Å². The summed E-state index contributed by atoms with van der Waals surface area (Å²) in [6.45, 7) is 0.259. The number of hydrogen-bond donors (Lipinski definition) is 3. The first-order chi connectivity index (χ1) is 10.4. The molecule has 0 atom stereocenters. The zero-order chi connectivity index (χ0) is 16.2. The van der Waals surface area contributed by atoms with Gasteiger partial charge >= 0.3 is 0 Å². The van der Waals surface area contributed by atoms with Crippen molar-refractivity contribution in [3.05, 3.63) is 53.7 Å². The van der Waals surface area contributed by atoms with Crippen LogP contribution in [0.15, 0.2) is 47.4 Å². The Labute approximate surface area is 128 Å². The van der Waals surface area contributed by atoms with Gasteiger partial charge in [-0.2, -0.15) is 0 Å². The van der Waals surface area contributed by atoms with Crippen LogP contribution in [0.25, 0.3) is 0 Å². The molecule has 0 saturated carbocycles. The van der Waals surface area contributed by atoms with Crippen molar-refractivity contribution >= 4 is 21.7 Å². The van der Waals surface area contributed by atoms with Gasteiger partial charge in [0, 0.05) is 13.6 Å². The Morgan fingerprint density at radius 3 is 2.45 bits per heavy atom. The number of pyridine rings is 1. The second kappa shape index (κ2) is 6.54. The van der Waals surface area contributed by atoms with Crippen LogP contribution in [0.4, 0.5) is 5.82 Å². The first-order valence-corrected chi connectivity index (χ1v) is 7.99. The lowest BCUT2D eigenvalue weighted by atomic mass is 10.2. The highest BCUT2D eigenvalue weighted by molar-refractivity contribution is 7.89. The molecule has 8 heteroatoms. The molecule has 1 aromatic carbocycles. The van der Waals surface area contributed by atoms with Crippen LogP contribution in [-0.2, 0) is 16.6 Å². The van der Waals surface area contributed by atoms with Crippen LogP contribution in [-0.4, -0.2) is 26.4 Å². The van der Waals surface area contributed by atoms with E-state index in [0.717, 1.165) is 5.56 Å². The van der Waals surface area contributed by atoms with Gasteiger partial charge in [-0.3, -0.25) is 4.79 Å². The van der Waals surface area contributed by atoms with Crippen LogP contribution in [0.3, 0.4) is 0 Å². The molecule has 0 unspecified atom stereocenters. The van der Waals surface area contributed by atoms with Gasteiger partial charge in [-0.15, -0.1) is 0 Å². The molecule has 0 saturated heterocycles. The summed E-state index contributed by atoms with van der Waals surface area (Å²) in [5.74, 6) is 0.290. The maximum atomic E-state index is 12.0. The molecule has 2 aromatic rings. The maximum absolute atomic E-state index is 12.0. The number of nitrogens with two attached hydrogens (primary N) is 1. The fourth-order valence-electron chi connectivity index (χ4n) is 1.77. The average molecular weight is 320 g/mol. The van der Waals surface area contributed by atoms with E-state index in [1.807, 2.05) is 0 Å². The molecule has 1 heterocycles. The van der Waals surface area contributed by atoms with Gasteiger partial charge in [0.05, 0.1) is 4.90 Å². The number of sulfonamides is 1. The Balaban J connectivity index is 2.02. The molecule has 0 spiro atoms. The van der Waals surface area contributed by atoms with Gasteiger partial charge in [-0.05, 0) is 29.8 Å². The van der Waals surface area contributed by atoms with Crippen molar-refractivity contribution in [1.29, 1.82) is 0 Å². The fourth-order valence-corrected chi connectivity index (χ4v) is 2.29. The number of nitrogens with one attached hydrogen (secondary N) is 2. The molecule has 0 fully saturated rings. The molecule has 0 aliphatic carbocycles. The predicted molar refractivity (Wildman–Crippen MR) is 82.8 cm³/mol. The second-order valence-corrected chi connectivity index (χ2v) is 6.09. The summed E-state index contributed by atoms with van der Waals surface area (Å²) in [7, 11) is -1.99. The van der Waals surface area contributed by atoms with E-state index >= 15 is 0 Å². The maximum Gasteiger partial charge on any atom is 0.270 e. The van der Waals surface area contributed by atoms with Gasteiger partial charge in [-0.25, -0.2) is 18.5 Å². The molecule has 0 radical (unpaired) electrons. The van der Waals surface area contributed by atoms with Crippen LogP contribution in [0.2, 0.25) is 0 Å². The smallest absolute Gasteiger partial charge is 0.270 e. The minimum atomic E-state index is -3.71. The van der Waals surface area contributed by atoms with E-state index < -0.39 is 10.0 Å². The van der Waals surface area contributed by atoms with Gasteiger partial charge in [0.2, 0.25) is 10.0 Å². The number of rotatable bonds is 5. The third kappa shape index (κ3) is 4.03. The molecular weight excluding hydrogens is 304 g/mol. The van der Waals surface area contributed by atoms with E-state index in [1.165, 1.54) is 12.1 Å². The topological polar surface area (TPSA) is 114 Å². The summed E-state index contributed by atoms with van der Waals surface area (Å²) in [4.78, 5) is 16.2. The van der Waals surface area contributed by atoms with Gasteiger partial charge in [-0.1, -0.05) is 18.2 Å². The lowest BCUT2D eigenvalue weighted by Crippen LogP contribution is -2.24. The zero-order valence-electron chi connectivity index (χ0n) is 11.9. The molecule has 2 rings (SSSR count).